The van der Waals surface area contributed by atoms with Gasteiger partial charge in [-0.1, -0.05) is 6.92 Å². The van der Waals surface area contributed by atoms with Crippen molar-refractivity contribution in [3.05, 3.63) is 30.1 Å². The van der Waals surface area contributed by atoms with Gasteiger partial charge in [-0.15, -0.1) is 0 Å². The molecule has 0 radical (unpaired) electrons. The summed E-state index contributed by atoms with van der Waals surface area (Å²) in [5.74, 6) is 3.10. The molecule has 1 aromatic heterocycles. The quantitative estimate of drug-likeness (QED) is 0.904. The van der Waals surface area contributed by atoms with Gasteiger partial charge in [-0.25, -0.2) is 9.97 Å². The van der Waals surface area contributed by atoms with Crippen LogP contribution in [0.1, 0.15) is 25.3 Å². The predicted octanol–water partition coefficient (Wildman–Crippen LogP) is 2.66. The van der Waals surface area contributed by atoms with Gasteiger partial charge in [0.2, 0.25) is 0 Å². The summed E-state index contributed by atoms with van der Waals surface area (Å²) in [5, 5.41) is 13.9. The fraction of sp³-hybridized carbons (Fsp3) is 0.571. The van der Waals surface area contributed by atoms with Crippen LogP contribution in [0.3, 0.4) is 0 Å². The molecule has 0 amide bonds. The number of nitrogens with zero attached hydrogens (tertiary/aromatic N) is 4. The van der Waals surface area contributed by atoms with E-state index < -0.39 is 0 Å². The first-order valence-electron chi connectivity index (χ1n) is 9.99. The summed E-state index contributed by atoms with van der Waals surface area (Å²) in [6.07, 6.45) is 4.01. The molecule has 2 saturated carbocycles. The van der Waals surface area contributed by atoms with Gasteiger partial charge >= 0.3 is 0 Å². The summed E-state index contributed by atoms with van der Waals surface area (Å²) in [6.45, 7) is 6.29. The molecule has 5 atom stereocenters. The smallest absolute Gasteiger partial charge is 0.137 e. The molecule has 2 heterocycles. The van der Waals surface area contributed by atoms with Crippen molar-refractivity contribution in [3.8, 4) is 6.07 Å². The number of hydrogen-bond donors (Lipinski definition) is 1. The lowest BCUT2D eigenvalue weighted by Crippen LogP contribution is -2.47. The van der Waals surface area contributed by atoms with Crippen LogP contribution in [0.5, 0.6) is 0 Å². The molecule has 6 nitrogen and oxygen atoms in total. The van der Waals surface area contributed by atoms with E-state index in [1.165, 1.54) is 6.42 Å². The minimum absolute atomic E-state index is 0.450. The summed E-state index contributed by atoms with van der Waals surface area (Å²) >= 11 is 0. The van der Waals surface area contributed by atoms with E-state index in [-0.39, 0.29) is 0 Å². The first-order valence-corrected chi connectivity index (χ1v) is 9.99. The Hall–Kier alpha value is -2.23. The fourth-order valence-corrected chi connectivity index (χ4v) is 5.42. The Morgan fingerprint density at radius 1 is 1.19 bits per heavy atom. The highest BCUT2D eigenvalue weighted by Crippen LogP contribution is 2.57. The van der Waals surface area contributed by atoms with Crippen molar-refractivity contribution in [1.29, 1.82) is 5.26 Å². The third-order valence-electron chi connectivity index (χ3n) is 6.80. The van der Waals surface area contributed by atoms with Gasteiger partial charge in [-0.2, -0.15) is 5.26 Å². The zero-order chi connectivity index (χ0) is 18.4. The molecule has 1 aromatic carbocycles. The number of nitriles is 1. The Balaban J connectivity index is 1.36. The number of rotatable bonds is 3. The molecule has 1 saturated heterocycles. The second-order valence-electron chi connectivity index (χ2n) is 8.12. The standard InChI is InChI=1S/C21H25N5O/c1-13-19-17(4-5-18(20(13)19)26-6-8-27-9-7-26)25-21-15-10-14(11-22)2-3-16(15)23-12-24-21/h2-3,10,12-13,17-20H,4-9H2,1H3,(H,23,24,25)/t13?,17?,18?,19-,20+/m1/s1. The number of morpholine rings is 1. The molecule has 2 aromatic rings. The lowest BCUT2D eigenvalue weighted by atomic mass is 9.90. The van der Waals surface area contributed by atoms with Crippen LogP contribution in [0, 0.1) is 29.1 Å². The van der Waals surface area contributed by atoms with E-state index in [2.05, 4.69) is 33.2 Å². The van der Waals surface area contributed by atoms with Crippen molar-refractivity contribution in [3.63, 3.8) is 0 Å². The Morgan fingerprint density at radius 2 is 2.04 bits per heavy atom. The van der Waals surface area contributed by atoms with Crippen LogP contribution in [-0.2, 0) is 4.74 Å². The highest BCUT2D eigenvalue weighted by atomic mass is 16.5. The Bertz CT molecular complexity index is 888. The van der Waals surface area contributed by atoms with Gasteiger partial charge in [0.25, 0.3) is 0 Å². The van der Waals surface area contributed by atoms with Gasteiger partial charge in [0.05, 0.1) is 30.4 Å². The second kappa shape index (κ2) is 6.74. The van der Waals surface area contributed by atoms with Gasteiger partial charge in [0.15, 0.2) is 0 Å². The lowest BCUT2D eigenvalue weighted by molar-refractivity contribution is 0.00346. The highest BCUT2D eigenvalue weighted by molar-refractivity contribution is 5.89. The average Bonchev–Trinajstić information content (AvgIpc) is 3.40. The lowest BCUT2D eigenvalue weighted by Gasteiger charge is -2.38. The van der Waals surface area contributed by atoms with Crippen molar-refractivity contribution in [2.45, 2.75) is 31.8 Å². The molecule has 0 bridgehead atoms. The Kier molecular flexibility index (Phi) is 4.22. The number of ether oxygens (including phenoxy) is 1. The van der Waals surface area contributed by atoms with Crippen molar-refractivity contribution in [2.75, 3.05) is 31.6 Å². The van der Waals surface area contributed by atoms with Gasteiger partial charge in [-0.05, 0) is 48.8 Å². The van der Waals surface area contributed by atoms with Crippen molar-refractivity contribution in [2.24, 2.45) is 17.8 Å². The molecule has 2 aliphatic carbocycles. The van der Waals surface area contributed by atoms with Crippen molar-refractivity contribution < 1.29 is 4.74 Å². The van der Waals surface area contributed by atoms with Crippen LogP contribution in [0.4, 0.5) is 5.82 Å². The maximum absolute atomic E-state index is 9.22. The minimum Gasteiger partial charge on any atom is -0.379 e. The van der Waals surface area contributed by atoms with Gasteiger partial charge in [-0.3, -0.25) is 4.90 Å². The molecule has 27 heavy (non-hydrogen) atoms. The maximum Gasteiger partial charge on any atom is 0.137 e. The molecule has 6 heteroatoms. The number of nitrogens with one attached hydrogen (secondary N) is 1. The highest BCUT2D eigenvalue weighted by Gasteiger charge is 2.58. The zero-order valence-electron chi connectivity index (χ0n) is 15.6. The predicted molar refractivity (Wildman–Crippen MR) is 103 cm³/mol. The topological polar surface area (TPSA) is 74.1 Å². The van der Waals surface area contributed by atoms with Gasteiger partial charge in [0, 0.05) is 30.6 Å². The SMILES string of the molecule is CC1[C@@H]2C(Nc3ncnc4ccc(C#N)cc34)CCC(N3CCOCC3)[C@H]12. The molecule has 3 unspecified atom stereocenters. The van der Waals surface area contributed by atoms with E-state index in [4.69, 9.17) is 4.74 Å². The Labute approximate surface area is 159 Å². The third kappa shape index (κ3) is 2.95. The van der Waals surface area contributed by atoms with Crippen molar-refractivity contribution in [1.82, 2.24) is 14.9 Å². The first kappa shape index (κ1) is 16.9. The third-order valence-corrected chi connectivity index (χ3v) is 6.80. The van der Waals surface area contributed by atoms with Crippen LogP contribution < -0.4 is 5.32 Å². The number of benzene rings is 1. The molecule has 140 valence electrons. The van der Waals surface area contributed by atoms with Crippen LogP contribution in [-0.4, -0.2) is 53.3 Å². The van der Waals surface area contributed by atoms with Crippen LogP contribution in [0.25, 0.3) is 10.9 Å². The molecule has 3 aliphatic rings. The van der Waals surface area contributed by atoms with Gasteiger partial charge in [0.1, 0.15) is 12.1 Å². The number of fused-ring (bicyclic) bond motifs is 2. The second-order valence-corrected chi connectivity index (χ2v) is 8.12. The largest absolute Gasteiger partial charge is 0.379 e. The monoisotopic (exact) mass is 363 g/mol. The summed E-state index contributed by atoms with van der Waals surface area (Å²) in [5.41, 5.74) is 1.53. The summed E-state index contributed by atoms with van der Waals surface area (Å²) in [4.78, 5) is 11.5. The molecular formula is C21H25N5O. The fourth-order valence-electron chi connectivity index (χ4n) is 5.42. The average molecular weight is 363 g/mol. The van der Waals surface area contributed by atoms with Crippen LogP contribution in [0.15, 0.2) is 24.5 Å². The molecular weight excluding hydrogens is 338 g/mol. The van der Waals surface area contributed by atoms with E-state index >= 15 is 0 Å². The molecule has 1 N–H and O–H groups in total. The minimum atomic E-state index is 0.450. The summed E-state index contributed by atoms with van der Waals surface area (Å²) in [6, 6.07) is 8.98. The van der Waals surface area contributed by atoms with E-state index in [1.54, 1.807) is 6.33 Å². The maximum atomic E-state index is 9.22. The molecule has 5 rings (SSSR count). The number of anilines is 1. The summed E-state index contributed by atoms with van der Waals surface area (Å²) in [7, 11) is 0. The molecule has 3 fully saturated rings. The van der Waals surface area contributed by atoms with Gasteiger partial charge < -0.3 is 10.1 Å². The van der Waals surface area contributed by atoms with Crippen LogP contribution in [0.2, 0.25) is 0 Å². The van der Waals surface area contributed by atoms with E-state index in [1.807, 2.05) is 18.2 Å². The Morgan fingerprint density at radius 3 is 2.85 bits per heavy atom. The van der Waals surface area contributed by atoms with Crippen molar-refractivity contribution >= 4 is 16.7 Å². The van der Waals surface area contributed by atoms with Crippen LogP contribution >= 0.6 is 0 Å². The summed E-state index contributed by atoms with van der Waals surface area (Å²) < 4.78 is 5.53. The normalized spacial score (nSPS) is 33.3. The van der Waals surface area contributed by atoms with E-state index in [9.17, 15) is 5.26 Å². The zero-order valence-corrected chi connectivity index (χ0v) is 15.6. The van der Waals surface area contributed by atoms with E-state index in [0.717, 1.165) is 61.3 Å². The molecule has 0 spiro atoms. The van der Waals surface area contributed by atoms with E-state index in [0.29, 0.717) is 23.6 Å². The molecule has 1 aliphatic heterocycles. The number of aromatic nitrogens is 2. The first-order chi connectivity index (χ1) is 13.3. The number of hydrogen-bond acceptors (Lipinski definition) is 6.